The van der Waals surface area contributed by atoms with Gasteiger partial charge in [0.1, 0.15) is 11.4 Å². The summed E-state index contributed by atoms with van der Waals surface area (Å²) in [6, 6.07) is 11.4. The van der Waals surface area contributed by atoms with Gasteiger partial charge in [0.15, 0.2) is 5.76 Å². The summed E-state index contributed by atoms with van der Waals surface area (Å²) in [4.78, 5) is 11.8. The third-order valence-electron chi connectivity index (χ3n) is 4.46. The number of hydrogen-bond acceptors (Lipinski definition) is 5. The molecule has 2 N–H and O–H groups in total. The molecule has 1 heterocycles. The van der Waals surface area contributed by atoms with Crippen LogP contribution in [0.25, 0.3) is 12.2 Å². The molecule has 3 rings (SSSR count). The third kappa shape index (κ3) is 5.53. The molecule has 1 amide bonds. The molecule has 0 fully saturated rings. The normalized spacial score (nSPS) is 11.6. The number of hydrogen-bond donors (Lipinski definition) is 2. The first-order chi connectivity index (χ1) is 14.7. The van der Waals surface area contributed by atoms with Crippen LogP contribution in [0.15, 0.2) is 51.9 Å². The molecule has 0 atom stereocenters. The van der Waals surface area contributed by atoms with Crippen molar-refractivity contribution in [1.82, 2.24) is 5.16 Å². The highest BCUT2D eigenvalue weighted by Gasteiger charge is 2.16. The van der Waals surface area contributed by atoms with Crippen LogP contribution >= 0.6 is 11.6 Å². The Morgan fingerprint density at radius 2 is 1.84 bits per heavy atom. The molecule has 2 aromatic carbocycles. The number of sulfonamides is 1. The lowest BCUT2D eigenvalue weighted by Gasteiger charge is -2.10. The number of nitrogens with one attached hydrogen (secondary N) is 2. The van der Waals surface area contributed by atoms with Crippen molar-refractivity contribution in [1.29, 1.82) is 0 Å². The summed E-state index contributed by atoms with van der Waals surface area (Å²) in [5, 5.41) is 6.97. The monoisotopic (exact) mass is 459 g/mol. The molecule has 0 unspecified atom stereocenters. The molecular formula is C22H22ClN3O4S. The van der Waals surface area contributed by atoms with E-state index in [1.54, 1.807) is 56.3 Å². The second kappa shape index (κ2) is 9.36. The van der Waals surface area contributed by atoms with Gasteiger partial charge in [0.05, 0.1) is 15.6 Å². The highest BCUT2D eigenvalue weighted by Crippen LogP contribution is 2.26. The predicted molar refractivity (Wildman–Crippen MR) is 123 cm³/mol. The third-order valence-corrected chi connectivity index (χ3v) is 6.16. The van der Waals surface area contributed by atoms with Crippen LogP contribution in [0, 0.1) is 13.8 Å². The molecule has 1 aromatic heterocycles. The van der Waals surface area contributed by atoms with Gasteiger partial charge in [-0.05, 0) is 55.3 Å². The minimum atomic E-state index is -3.79. The molecule has 0 spiro atoms. The Balaban J connectivity index is 1.77. The van der Waals surface area contributed by atoms with E-state index >= 15 is 0 Å². The summed E-state index contributed by atoms with van der Waals surface area (Å²) in [6.07, 6.45) is 3.74. The fourth-order valence-electron chi connectivity index (χ4n) is 2.72. The Morgan fingerprint density at radius 1 is 1.13 bits per heavy atom. The quantitative estimate of drug-likeness (QED) is 0.501. The van der Waals surface area contributed by atoms with E-state index in [2.05, 4.69) is 15.2 Å². The van der Waals surface area contributed by atoms with E-state index in [9.17, 15) is 13.2 Å². The predicted octanol–water partition coefficient (Wildman–Crippen LogP) is 5.26. The average Bonchev–Trinajstić information content (AvgIpc) is 3.08. The summed E-state index contributed by atoms with van der Waals surface area (Å²) in [6.45, 7) is 5.36. The molecule has 31 heavy (non-hydrogen) atoms. The highest BCUT2D eigenvalue weighted by atomic mass is 35.5. The lowest BCUT2D eigenvalue weighted by Crippen LogP contribution is -2.13. The molecule has 0 aliphatic rings. The Morgan fingerprint density at radius 3 is 2.48 bits per heavy atom. The minimum absolute atomic E-state index is 0.104. The van der Waals surface area contributed by atoms with Gasteiger partial charge >= 0.3 is 0 Å². The van der Waals surface area contributed by atoms with Crippen LogP contribution in [-0.2, 0) is 14.8 Å². The molecule has 0 saturated heterocycles. The standard InChI is InChI=1S/C22H22ClN3O4S/c1-4-21(27)24-22-15(3)25-30-20(22)12-8-16-6-9-17(10-7-16)31(28,29)26-19-11-5-14(2)13-18(19)23/h5-13,26H,4H2,1-3H3,(H,24,27)/b12-8-. The molecule has 0 radical (unpaired) electrons. The van der Waals surface area contributed by atoms with Crippen LogP contribution in [0.3, 0.4) is 0 Å². The zero-order valence-corrected chi connectivity index (χ0v) is 18.8. The first-order valence-electron chi connectivity index (χ1n) is 9.53. The lowest BCUT2D eigenvalue weighted by molar-refractivity contribution is -0.115. The Labute approximate surface area is 186 Å². The van der Waals surface area contributed by atoms with E-state index in [1.807, 2.05) is 6.92 Å². The van der Waals surface area contributed by atoms with Crippen molar-refractivity contribution >= 4 is 51.1 Å². The summed E-state index contributed by atoms with van der Waals surface area (Å²) < 4.78 is 33.1. The summed E-state index contributed by atoms with van der Waals surface area (Å²) in [5.74, 6) is 0.267. The van der Waals surface area contributed by atoms with Crippen LogP contribution in [0.1, 0.15) is 35.9 Å². The molecule has 3 aromatic rings. The van der Waals surface area contributed by atoms with Gasteiger partial charge in [-0.2, -0.15) is 0 Å². The van der Waals surface area contributed by atoms with Crippen molar-refractivity contribution in [2.75, 3.05) is 10.0 Å². The maximum Gasteiger partial charge on any atom is 0.261 e. The SMILES string of the molecule is CCC(=O)Nc1c(C)noc1/C=C\c1ccc(S(=O)(=O)Nc2ccc(C)cc2Cl)cc1. The van der Waals surface area contributed by atoms with Gasteiger partial charge in [-0.25, -0.2) is 8.42 Å². The smallest absolute Gasteiger partial charge is 0.261 e. The van der Waals surface area contributed by atoms with Gasteiger partial charge in [-0.15, -0.1) is 0 Å². The number of nitrogens with zero attached hydrogens (tertiary/aromatic N) is 1. The topological polar surface area (TPSA) is 101 Å². The number of amides is 1. The van der Waals surface area contributed by atoms with Gasteiger partial charge < -0.3 is 9.84 Å². The molecular weight excluding hydrogens is 438 g/mol. The van der Waals surface area contributed by atoms with E-state index in [-0.39, 0.29) is 10.8 Å². The molecule has 9 heteroatoms. The maximum atomic E-state index is 12.7. The van der Waals surface area contributed by atoms with Gasteiger partial charge in [-0.3, -0.25) is 9.52 Å². The highest BCUT2D eigenvalue weighted by molar-refractivity contribution is 7.92. The largest absolute Gasteiger partial charge is 0.354 e. The van der Waals surface area contributed by atoms with Crippen molar-refractivity contribution < 1.29 is 17.7 Å². The fraction of sp³-hybridized carbons (Fsp3) is 0.182. The fourth-order valence-corrected chi connectivity index (χ4v) is 4.14. The Bertz CT molecular complexity index is 1230. The summed E-state index contributed by atoms with van der Waals surface area (Å²) >= 11 is 6.13. The zero-order chi connectivity index (χ0) is 22.6. The van der Waals surface area contributed by atoms with E-state index in [4.69, 9.17) is 16.1 Å². The second-order valence-electron chi connectivity index (χ2n) is 6.90. The van der Waals surface area contributed by atoms with Gasteiger partial charge in [0.2, 0.25) is 5.91 Å². The van der Waals surface area contributed by atoms with Crippen molar-refractivity contribution in [2.45, 2.75) is 32.1 Å². The molecule has 162 valence electrons. The van der Waals surface area contributed by atoms with Gasteiger partial charge in [-0.1, -0.05) is 48.0 Å². The molecule has 0 saturated carbocycles. The van der Waals surface area contributed by atoms with E-state index < -0.39 is 10.0 Å². The van der Waals surface area contributed by atoms with Crippen LogP contribution in [-0.4, -0.2) is 19.5 Å². The first-order valence-corrected chi connectivity index (χ1v) is 11.4. The molecule has 0 aliphatic heterocycles. The van der Waals surface area contributed by atoms with Gasteiger partial charge in [0, 0.05) is 6.42 Å². The van der Waals surface area contributed by atoms with E-state index in [0.29, 0.717) is 34.3 Å². The number of aromatic nitrogens is 1. The minimum Gasteiger partial charge on any atom is -0.354 e. The van der Waals surface area contributed by atoms with E-state index in [1.165, 1.54) is 12.1 Å². The summed E-state index contributed by atoms with van der Waals surface area (Å²) in [5.41, 5.74) is 3.08. The number of anilines is 2. The van der Waals surface area contributed by atoms with Crippen LogP contribution in [0.5, 0.6) is 0 Å². The number of carbonyl (C=O) groups excluding carboxylic acids is 1. The van der Waals surface area contributed by atoms with Crippen LogP contribution in [0.4, 0.5) is 11.4 Å². The van der Waals surface area contributed by atoms with Crippen molar-refractivity contribution in [3.63, 3.8) is 0 Å². The Hall–Kier alpha value is -3.10. The number of benzene rings is 2. The molecule has 0 aliphatic carbocycles. The molecule has 0 bridgehead atoms. The van der Waals surface area contributed by atoms with E-state index in [0.717, 1.165) is 11.1 Å². The lowest BCUT2D eigenvalue weighted by atomic mass is 10.2. The van der Waals surface area contributed by atoms with Crippen LogP contribution in [0.2, 0.25) is 5.02 Å². The number of rotatable bonds is 7. The van der Waals surface area contributed by atoms with Gasteiger partial charge in [0.25, 0.3) is 10.0 Å². The summed E-state index contributed by atoms with van der Waals surface area (Å²) in [7, 11) is -3.79. The second-order valence-corrected chi connectivity index (χ2v) is 8.99. The van der Waals surface area contributed by atoms with Crippen molar-refractivity contribution in [3.8, 4) is 0 Å². The van der Waals surface area contributed by atoms with Crippen molar-refractivity contribution in [2.24, 2.45) is 0 Å². The maximum absolute atomic E-state index is 12.7. The van der Waals surface area contributed by atoms with Crippen LogP contribution < -0.4 is 10.0 Å². The molecule has 7 nitrogen and oxygen atoms in total. The number of aryl methyl sites for hydroxylation is 2. The van der Waals surface area contributed by atoms with Crippen molar-refractivity contribution in [3.05, 3.63) is 70.1 Å². The number of halogens is 1. The number of carbonyl (C=O) groups is 1. The average molecular weight is 460 g/mol. The Kier molecular flexibility index (Phi) is 6.82. The zero-order valence-electron chi connectivity index (χ0n) is 17.3. The first kappa shape index (κ1) is 22.6.